The van der Waals surface area contributed by atoms with Gasteiger partial charge in [0.1, 0.15) is 4.83 Å². The number of aliphatic hydroxyl groups is 1. The lowest BCUT2D eigenvalue weighted by Gasteiger charge is -2.26. The lowest BCUT2D eigenvalue weighted by Crippen LogP contribution is -2.48. The molecule has 0 bridgehead atoms. The third-order valence-corrected chi connectivity index (χ3v) is 4.67. The Bertz CT molecular complexity index is 576. The predicted octanol–water partition coefficient (Wildman–Crippen LogP) is 1.83. The average molecular weight is 281 g/mol. The average Bonchev–Trinajstić information content (AvgIpc) is 2.92. The van der Waals surface area contributed by atoms with Gasteiger partial charge in [-0.15, -0.1) is 11.3 Å². The molecule has 1 atom stereocenters. The van der Waals surface area contributed by atoms with E-state index in [1.165, 1.54) is 11.3 Å². The van der Waals surface area contributed by atoms with E-state index >= 15 is 0 Å². The molecule has 2 heterocycles. The van der Waals surface area contributed by atoms with E-state index in [0.717, 1.165) is 15.9 Å². The molecule has 0 aliphatic carbocycles. The molecular formula is C13H19N3O2S. The summed E-state index contributed by atoms with van der Waals surface area (Å²) < 4.78 is 1.79. The summed E-state index contributed by atoms with van der Waals surface area (Å²) in [6, 6.07) is 1.87. The highest BCUT2D eigenvalue weighted by atomic mass is 32.1. The number of aryl methyl sites for hydroxylation is 2. The summed E-state index contributed by atoms with van der Waals surface area (Å²) in [5.74, 6) is -0.140. The molecule has 5 nitrogen and oxygen atoms in total. The number of nitrogens with one attached hydrogen (secondary N) is 1. The van der Waals surface area contributed by atoms with Crippen LogP contribution in [0.1, 0.15) is 35.6 Å². The molecule has 104 valence electrons. The normalized spacial score (nSPS) is 14.6. The van der Waals surface area contributed by atoms with E-state index in [1.807, 2.05) is 33.9 Å². The van der Waals surface area contributed by atoms with Crippen molar-refractivity contribution in [2.45, 2.75) is 32.7 Å². The Balaban J connectivity index is 2.29. The zero-order chi connectivity index (χ0) is 14.2. The van der Waals surface area contributed by atoms with Gasteiger partial charge >= 0.3 is 0 Å². The van der Waals surface area contributed by atoms with Gasteiger partial charge in [-0.1, -0.05) is 6.92 Å². The standard InChI is InChI=1S/C13H19N3O2S/c1-5-13(3,7-17)14-11(18)10-6-9-8(2)15-16(4)12(9)19-10/h6,17H,5,7H2,1-4H3,(H,14,18). The molecule has 2 N–H and O–H groups in total. The first kappa shape index (κ1) is 14.0. The van der Waals surface area contributed by atoms with Crippen LogP contribution in [0.15, 0.2) is 6.07 Å². The van der Waals surface area contributed by atoms with Crippen molar-refractivity contribution < 1.29 is 9.90 Å². The van der Waals surface area contributed by atoms with Crippen molar-refractivity contribution in [3.63, 3.8) is 0 Å². The maximum absolute atomic E-state index is 12.2. The van der Waals surface area contributed by atoms with Crippen LogP contribution in [0.5, 0.6) is 0 Å². The largest absolute Gasteiger partial charge is 0.394 e. The number of rotatable bonds is 4. The van der Waals surface area contributed by atoms with Crippen molar-refractivity contribution >= 4 is 27.5 Å². The highest BCUT2D eigenvalue weighted by molar-refractivity contribution is 7.20. The van der Waals surface area contributed by atoms with Gasteiger partial charge in [0.25, 0.3) is 5.91 Å². The second kappa shape index (κ2) is 4.94. The molecule has 2 aromatic rings. The zero-order valence-corrected chi connectivity index (χ0v) is 12.5. The number of fused-ring (bicyclic) bond motifs is 1. The maximum Gasteiger partial charge on any atom is 0.261 e. The molecule has 19 heavy (non-hydrogen) atoms. The smallest absolute Gasteiger partial charge is 0.261 e. The van der Waals surface area contributed by atoms with Crippen molar-refractivity contribution in [1.82, 2.24) is 15.1 Å². The van der Waals surface area contributed by atoms with Gasteiger partial charge in [0.2, 0.25) is 0 Å². The van der Waals surface area contributed by atoms with Gasteiger partial charge < -0.3 is 10.4 Å². The molecule has 0 radical (unpaired) electrons. The van der Waals surface area contributed by atoms with Gasteiger partial charge in [-0.3, -0.25) is 9.48 Å². The fourth-order valence-electron chi connectivity index (χ4n) is 1.89. The van der Waals surface area contributed by atoms with Crippen LogP contribution in [0.25, 0.3) is 10.2 Å². The molecule has 0 aromatic carbocycles. The van der Waals surface area contributed by atoms with E-state index in [1.54, 1.807) is 4.68 Å². The van der Waals surface area contributed by atoms with Gasteiger partial charge in [0, 0.05) is 12.4 Å². The van der Waals surface area contributed by atoms with E-state index in [-0.39, 0.29) is 12.5 Å². The van der Waals surface area contributed by atoms with E-state index in [2.05, 4.69) is 10.4 Å². The SMILES string of the molecule is CCC(C)(CO)NC(=O)c1cc2c(C)nn(C)c2s1. The molecule has 1 amide bonds. The zero-order valence-electron chi connectivity index (χ0n) is 11.6. The Morgan fingerprint density at radius 1 is 1.63 bits per heavy atom. The summed E-state index contributed by atoms with van der Waals surface area (Å²) in [7, 11) is 1.87. The molecule has 0 saturated carbocycles. The highest BCUT2D eigenvalue weighted by Crippen LogP contribution is 2.28. The van der Waals surface area contributed by atoms with Crippen LogP contribution in [-0.2, 0) is 7.05 Å². The van der Waals surface area contributed by atoms with Crippen LogP contribution >= 0.6 is 11.3 Å². The molecule has 0 aliphatic rings. The first-order valence-corrected chi connectivity index (χ1v) is 7.08. The number of hydrogen-bond acceptors (Lipinski definition) is 4. The van der Waals surface area contributed by atoms with Crippen molar-refractivity contribution in [1.29, 1.82) is 0 Å². The van der Waals surface area contributed by atoms with Crippen LogP contribution in [0.2, 0.25) is 0 Å². The maximum atomic E-state index is 12.2. The topological polar surface area (TPSA) is 67.2 Å². The van der Waals surface area contributed by atoms with Gasteiger partial charge in [0.05, 0.1) is 22.7 Å². The van der Waals surface area contributed by atoms with Gasteiger partial charge in [-0.2, -0.15) is 5.10 Å². The van der Waals surface area contributed by atoms with E-state index in [4.69, 9.17) is 0 Å². The number of amides is 1. The molecule has 1 unspecified atom stereocenters. The summed E-state index contributed by atoms with van der Waals surface area (Å²) in [5, 5.41) is 17.6. The third-order valence-electron chi connectivity index (χ3n) is 3.46. The summed E-state index contributed by atoms with van der Waals surface area (Å²) >= 11 is 1.42. The van der Waals surface area contributed by atoms with Gasteiger partial charge in [-0.25, -0.2) is 0 Å². The summed E-state index contributed by atoms with van der Waals surface area (Å²) in [6.07, 6.45) is 0.681. The van der Waals surface area contributed by atoms with Crippen LogP contribution < -0.4 is 5.32 Å². The predicted molar refractivity (Wildman–Crippen MR) is 76.6 cm³/mol. The molecule has 0 aliphatic heterocycles. The molecule has 2 rings (SSSR count). The van der Waals surface area contributed by atoms with E-state index < -0.39 is 5.54 Å². The second-order valence-corrected chi connectivity index (χ2v) is 6.10. The van der Waals surface area contributed by atoms with Crippen molar-refractivity contribution in [2.75, 3.05) is 6.61 Å². The number of aliphatic hydroxyl groups excluding tert-OH is 1. The number of thiophene rings is 1. The first-order valence-electron chi connectivity index (χ1n) is 6.26. The highest BCUT2D eigenvalue weighted by Gasteiger charge is 2.25. The van der Waals surface area contributed by atoms with Crippen LogP contribution in [0, 0.1) is 6.92 Å². The monoisotopic (exact) mass is 281 g/mol. The molecule has 2 aromatic heterocycles. The Hall–Kier alpha value is -1.40. The van der Waals surface area contributed by atoms with Gasteiger partial charge in [-0.05, 0) is 26.3 Å². The molecule has 6 heteroatoms. The molecule has 0 spiro atoms. The quantitative estimate of drug-likeness (QED) is 0.898. The van der Waals surface area contributed by atoms with Crippen molar-refractivity contribution in [3.05, 3.63) is 16.6 Å². The number of carbonyl (C=O) groups excluding carboxylic acids is 1. The second-order valence-electron chi connectivity index (χ2n) is 5.06. The number of aromatic nitrogens is 2. The fraction of sp³-hybridized carbons (Fsp3) is 0.538. The minimum absolute atomic E-state index is 0.0687. The Morgan fingerprint density at radius 3 is 2.84 bits per heavy atom. The van der Waals surface area contributed by atoms with Crippen LogP contribution in [-0.4, -0.2) is 32.9 Å². The molecular weight excluding hydrogens is 262 g/mol. The fourth-order valence-corrected chi connectivity index (χ4v) is 2.91. The van der Waals surface area contributed by atoms with Crippen molar-refractivity contribution in [3.8, 4) is 0 Å². The lowest BCUT2D eigenvalue weighted by atomic mass is 10.0. The minimum Gasteiger partial charge on any atom is -0.394 e. The summed E-state index contributed by atoms with van der Waals surface area (Å²) in [4.78, 5) is 13.9. The Morgan fingerprint density at radius 2 is 2.32 bits per heavy atom. The lowest BCUT2D eigenvalue weighted by molar-refractivity contribution is 0.0851. The van der Waals surface area contributed by atoms with Crippen LogP contribution in [0.3, 0.4) is 0 Å². The summed E-state index contributed by atoms with van der Waals surface area (Å²) in [6.45, 7) is 5.64. The molecule has 0 saturated heterocycles. The Labute approximate surface area is 116 Å². The van der Waals surface area contributed by atoms with Crippen LogP contribution in [0.4, 0.5) is 0 Å². The van der Waals surface area contributed by atoms with E-state index in [9.17, 15) is 9.90 Å². The van der Waals surface area contributed by atoms with E-state index in [0.29, 0.717) is 11.3 Å². The third kappa shape index (κ3) is 2.50. The number of nitrogens with zero attached hydrogens (tertiary/aromatic N) is 2. The minimum atomic E-state index is -0.569. The Kier molecular flexibility index (Phi) is 3.64. The first-order chi connectivity index (χ1) is 8.90. The number of hydrogen-bond donors (Lipinski definition) is 2. The number of carbonyl (C=O) groups is 1. The molecule has 0 fully saturated rings. The van der Waals surface area contributed by atoms with Gasteiger partial charge in [0.15, 0.2) is 0 Å². The summed E-state index contributed by atoms with van der Waals surface area (Å²) in [5.41, 5.74) is 0.355. The van der Waals surface area contributed by atoms with Crippen molar-refractivity contribution in [2.24, 2.45) is 7.05 Å².